The third-order valence-electron chi connectivity index (χ3n) is 2.36. The van der Waals surface area contributed by atoms with Crippen LogP contribution in [0, 0.1) is 6.92 Å². The molecule has 1 aromatic heterocycles. The van der Waals surface area contributed by atoms with Crippen molar-refractivity contribution in [3.8, 4) is 11.6 Å². The van der Waals surface area contributed by atoms with E-state index in [2.05, 4.69) is 10.3 Å². The number of nitrogens with one attached hydrogen (secondary N) is 1. The van der Waals surface area contributed by atoms with Crippen LogP contribution in [0.25, 0.3) is 0 Å². The third-order valence-corrected chi connectivity index (χ3v) is 2.36. The van der Waals surface area contributed by atoms with Crippen LogP contribution in [0.2, 0.25) is 0 Å². The molecule has 0 bridgehead atoms. The highest BCUT2D eigenvalue weighted by molar-refractivity contribution is 5.88. The van der Waals surface area contributed by atoms with Gasteiger partial charge in [0.1, 0.15) is 5.75 Å². The lowest BCUT2D eigenvalue weighted by atomic mass is 10.2. The lowest BCUT2D eigenvalue weighted by Gasteiger charge is -2.08. The van der Waals surface area contributed by atoms with E-state index in [1.54, 1.807) is 18.3 Å². The van der Waals surface area contributed by atoms with E-state index < -0.39 is 0 Å². The highest BCUT2D eigenvalue weighted by Gasteiger charge is 2.02. The number of anilines is 1. The molecule has 92 valence electrons. The van der Waals surface area contributed by atoms with Crippen LogP contribution in [-0.4, -0.2) is 10.9 Å². The van der Waals surface area contributed by atoms with Crippen LogP contribution in [0.5, 0.6) is 11.6 Å². The number of amides is 1. The molecule has 0 fully saturated rings. The van der Waals surface area contributed by atoms with Crippen molar-refractivity contribution in [3.63, 3.8) is 0 Å². The minimum absolute atomic E-state index is 0.121. The van der Waals surface area contributed by atoms with Gasteiger partial charge in [-0.1, -0.05) is 18.2 Å². The van der Waals surface area contributed by atoms with Crippen LogP contribution in [0.1, 0.15) is 12.5 Å². The molecule has 1 N–H and O–H groups in total. The van der Waals surface area contributed by atoms with Crippen LogP contribution < -0.4 is 10.1 Å². The van der Waals surface area contributed by atoms with Gasteiger partial charge in [-0.05, 0) is 24.6 Å². The minimum Gasteiger partial charge on any atom is -0.439 e. The van der Waals surface area contributed by atoms with Gasteiger partial charge in [0.2, 0.25) is 11.8 Å². The molecule has 0 unspecified atom stereocenters. The summed E-state index contributed by atoms with van der Waals surface area (Å²) in [5.41, 5.74) is 1.70. The molecule has 1 heterocycles. The first-order valence-corrected chi connectivity index (χ1v) is 5.62. The first-order chi connectivity index (χ1) is 8.65. The van der Waals surface area contributed by atoms with Gasteiger partial charge in [-0.2, -0.15) is 0 Å². The fourth-order valence-electron chi connectivity index (χ4n) is 1.50. The molecule has 0 atom stereocenters. The molecule has 0 saturated carbocycles. The molecule has 1 aromatic carbocycles. The van der Waals surface area contributed by atoms with E-state index in [0.29, 0.717) is 11.6 Å². The Labute approximate surface area is 106 Å². The van der Waals surface area contributed by atoms with Crippen molar-refractivity contribution in [2.24, 2.45) is 0 Å². The summed E-state index contributed by atoms with van der Waals surface area (Å²) < 4.78 is 5.65. The molecule has 0 saturated heterocycles. The van der Waals surface area contributed by atoms with Crippen LogP contribution in [0.4, 0.5) is 5.69 Å². The fourth-order valence-corrected chi connectivity index (χ4v) is 1.50. The summed E-state index contributed by atoms with van der Waals surface area (Å²) in [7, 11) is 0. The molecule has 4 nitrogen and oxygen atoms in total. The van der Waals surface area contributed by atoms with E-state index in [1.165, 1.54) is 6.92 Å². The van der Waals surface area contributed by atoms with Crippen molar-refractivity contribution >= 4 is 11.6 Å². The van der Waals surface area contributed by atoms with Crippen molar-refractivity contribution in [1.29, 1.82) is 0 Å². The van der Waals surface area contributed by atoms with Gasteiger partial charge in [0, 0.05) is 13.0 Å². The number of hydrogen-bond acceptors (Lipinski definition) is 3. The summed E-state index contributed by atoms with van der Waals surface area (Å²) in [6.45, 7) is 3.43. The van der Waals surface area contributed by atoms with Gasteiger partial charge in [0.05, 0.1) is 11.9 Å². The molecule has 4 heteroatoms. The predicted molar refractivity (Wildman–Crippen MR) is 69.8 cm³/mol. The predicted octanol–water partition coefficient (Wildman–Crippen LogP) is 3.14. The van der Waals surface area contributed by atoms with Crippen LogP contribution >= 0.6 is 0 Å². The molecule has 0 spiro atoms. The van der Waals surface area contributed by atoms with Gasteiger partial charge in [0.25, 0.3) is 0 Å². The quantitative estimate of drug-likeness (QED) is 0.899. The van der Waals surface area contributed by atoms with Crippen LogP contribution in [0.3, 0.4) is 0 Å². The zero-order valence-corrected chi connectivity index (χ0v) is 10.3. The zero-order chi connectivity index (χ0) is 13.0. The molecule has 18 heavy (non-hydrogen) atoms. The van der Waals surface area contributed by atoms with Gasteiger partial charge < -0.3 is 10.1 Å². The van der Waals surface area contributed by atoms with E-state index in [1.807, 2.05) is 31.2 Å². The van der Waals surface area contributed by atoms with E-state index in [0.717, 1.165) is 11.3 Å². The molecule has 2 aromatic rings. The van der Waals surface area contributed by atoms with Gasteiger partial charge in [0.15, 0.2) is 0 Å². The second-order valence-electron chi connectivity index (χ2n) is 3.93. The smallest absolute Gasteiger partial charge is 0.221 e. The molecule has 0 aliphatic rings. The molecule has 0 aliphatic heterocycles. The van der Waals surface area contributed by atoms with Crippen LogP contribution in [-0.2, 0) is 4.79 Å². The molecular formula is C14H14N2O2. The first kappa shape index (κ1) is 12.1. The molecule has 2 rings (SSSR count). The number of aromatic nitrogens is 1. The average Bonchev–Trinajstić information content (AvgIpc) is 2.34. The maximum atomic E-state index is 10.9. The topological polar surface area (TPSA) is 51.2 Å². The Kier molecular flexibility index (Phi) is 3.57. The fraction of sp³-hybridized carbons (Fsp3) is 0.143. The highest BCUT2D eigenvalue weighted by Crippen LogP contribution is 2.23. The van der Waals surface area contributed by atoms with Crippen molar-refractivity contribution in [2.75, 3.05) is 5.32 Å². The minimum atomic E-state index is -0.121. The molecule has 0 radical (unpaired) electrons. The number of aryl methyl sites for hydroxylation is 1. The highest BCUT2D eigenvalue weighted by atomic mass is 16.5. The molecule has 0 aliphatic carbocycles. The monoisotopic (exact) mass is 242 g/mol. The van der Waals surface area contributed by atoms with E-state index in [9.17, 15) is 4.79 Å². The van der Waals surface area contributed by atoms with Crippen molar-refractivity contribution in [3.05, 3.63) is 48.2 Å². The van der Waals surface area contributed by atoms with Crippen LogP contribution in [0.15, 0.2) is 42.6 Å². The summed E-state index contributed by atoms with van der Waals surface area (Å²) in [6, 6.07) is 11.2. The summed E-state index contributed by atoms with van der Waals surface area (Å²) in [5.74, 6) is 1.15. The SMILES string of the molecule is CC(=O)Nc1ccc(Oc2ccccc2C)nc1. The number of para-hydroxylation sites is 1. The number of carbonyl (C=O) groups is 1. The maximum absolute atomic E-state index is 10.9. The summed E-state index contributed by atoms with van der Waals surface area (Å²) >= 11 is 0. The summed E-state index contributed by atoms with van der Waals surface area (Å²) in [4.78, 5) is 15.0. The normalized spacial score (nSPS) is 9.89. The van der Waals surface area contributed by atoms with E-state index in [-0.39, 0.29) is 5.91 Å². The molecular weight excluding hydrogens is 228 g/mol. The number of carbonyl (C=O) groups excluding carboxylic acids is 1. The Balaban J connectivity index is 2.11. The summed E-state index contributed by atoms with van der Waals surface area (Å²) in [5, 5.41) is 2.65. The van der Waals surface area contributed by atoms with Gasteiger partial charge in [-0.3, -0.25) is 4.79 Å². The van der Waals surface area contributed by atoms with Crippen molar-refractivity contribution in [2.45, 2.75) is 13.8 Å². The number of ether oxygens (including phenoxy) is 1. The Morgan fingerprint density at radius 1 is 1.22 bits per heavy atom. The second-order valence-corrected chi connectivity index (χ2v) is 3.93. The first-order valence-electron chi connectivity index (χ1n) is 5.62. The van der Waals surface area contributed by atoms with E-state index in [4.69, 9.17) is 4.74 Å². The Hall–Kier alpha value is -2.36. The van der Waals surface area contributed by atoms with Crippen molar-refractivity contribution in [1.82, 2.24) is 4.98 Å². The third kappa shape index (κ3) is 3.07. The van der Waals surface area contributed by atoms with Gasteiger partial charge in [-0.25, -0.2) is 4.98 Å². The number of benzene rings is 1. The van der Waals surface area contributed by atoms with Gasteiger partial charge in [-0.15, -0.1) is 0 Å². The zero-order valence-electron chi connectivity index (χ0n) is 10.3. The number of nitrogens with zero attached hydrogens (tertiary/aromatic N) is 1. The lowest BCUT2D eigenvalue weighted by Crippen LogP contribution is -2.05. The average molecular weight is 242 g/mol. The Bertz CT molecular complexity index is 550. The summed E-state index contributed by atoms with van der Waals surface area (Å²) in [6.07, 6.45) is 1.56. The maximum Gasteiger partial charge on any atom is 0.221 e. The lowest BCUT2D eigenvalue weighted by molar-refractivity contribution is -0.114. The largest absolute Gasteiger partial charge is 0.439 e. The number of pyridine rings is 1. The Morgan fingerprint density at radius 3 is 2.61 bits per heavy atom. The van der Waals surface area contributed by atoms with Crippen molar-refractivity contribution < 1.29 is 9.53 Å². The molecule has 1 amide bonds. The second kappa shape index (κ2) is 5.31. The standard InChI is InChI=1S/C14H14N2O2/c1-10-5-3-4-6-13(10)18-14-8-7-12(9-15-14)16-11(2)17/h3-9H,1-2H3,(H,16,17). The van der Waals surface area contributed by atoms with Gasteiger partial charge >= 0.3 is 0 Å². The number of hydrogen-bond donors (Lipinski definition) is 1. The Morgan fingerprint density at radius 2 is 2.00 bits per heavy atom. The van der Waals surface area contributed by atoms with E-state index >= 15 is 0 Å². The number of rotatable bonds is 3.